The number of carbonyl (C=O) groups is 1. The zero-order chi connectivity index (χ0) is 25.5. The second kappa shape index (κ2) is 8.61. The van der Waals surface area contributed by atoms with Crippen LogP contribution in [0.25, 0.3) is 16.3 Å². The number of benzene rings is 2. The maximum atomic E-state index is 13.3. The van der Waals surface area contributed by atoms with Crippen LogP contribution in [-0.2, 0) is 11.0 Å². The molecule has 0 bridgehead atoms. The molecular formula is C24H21F3N4O4. The van der Waals surface area contributed by atoms with E-state index in [1.54, 1.807) is 39.0 Å². The van der Waals surface area contributed by atoms with Gasteiger partial charge in [-0.2, -0.15) is 13.2 Å². The summed E-state index contributed by atoms with van der Waals surface area (Å²) in [6.07, 6.45) is -5.82. The van der Waals surface area contributed by atoms with Gasteiger partial charge in [-0.05, 0) is 31.2 Å². The highest BCUT2D eigenvalue weighted by Crippen LogP contribution is 2.42. The van der Waals surface area contributed by atoms with Crippen molar-refractivity contribution >= 4 is 11.6 Å². The number of hydrogen-bond donors (Lipinski definition) is 1. The number of likely N-dealkylation sites (tertiary alicyclic amines) is 1. The molecule has 1 N–H and O–H groups in total. The summed E-state index contributed by atoms with van der Waals surface area (Å²) in [4.78, 5) is 17.7. The van der Waals surface area contributed by atoms with Crippen LogP contribution in [0.15, 0.2) is 46.9 Å². The van der Waals surface area contributed by atoms with Crippen LogP contribution in [0, 0.1) is 12.0 Å². The number of carbonyl (C=O) groups excluding carboxylic acids is 1. The third-order valence-corrected chi connectivity index (χ3v) is 5.84. The van der Waals surface area contributed by atoms with Gasteiger partial charge in [0.1, 0.15) is 17.5 Å². The zero-order valence-corrected chi connectivity index (χ0v) is 19.0. The van der Waals surface area contributed by atoms with E-state index < -0.39 is 40.9 Å². The van der Waals surface area contributed by atoms with Gasteiger partial charge in [-0.1, -0.05) is 32.0 Å². The van der Waals surface area contributed by atoms with Gasteiger partial charge in [0.15, 0.2) is 11.8 Å². The number of rotatable bonds is 5. The first kappa shape index (κ1) is 24.1. The molecule has 1 fully saturated rings. The third-order valence-electron chi connectivity index (χ3n) is 5.84. The summed E-state index contributed by atoms with van der Waals surface area (Å²) in [6, 6.07) is 8.79. The van der Waals surface area contributed by atoms with Crippen molar-refractivity contribution in [1.82, 2.24) is 15.1 Å². The summed E-state index contributed by atoms with van der Waals surface area (Å²) in [7, 11) is 0. The van der Waals surface area contributed by atoms with Crippen molar-refractivity contribution in [3.05, 3.63) is 65.3 Å². The Morgan fingerprint density at radius 3 is 2.63 bits per heavy atom. The molecule has 2 atom stereocenters. The number of para-hydroxylation sites is 1. The summed E-state index contributed by atoms with van der Waals surface area (Å²) in [5, 5.41) is 18.0. The number of alkyl halides is 3. The van der Waals surface area contributed by atoms with Crippen molar-refractivity contribution in [2.75, 3.05) is 6.54 Å². The molecule has 4 rings (SSSR count). The zero-order valence-electron chi connectivity index (χ0n) is 19.0. The van der Waals surface area contributed by atoms with E-state index in [-0.39, 0.29) is 29.8 Å². The lowest BCUT2D eigenvalue weighted by Crippen LogP contribution is -2.37. The van der Waals surface area contributed by atoms with Crippen LogP contribution in [0.1, 0.15) is 38.3 Å². The fourth-order valence-electron chi connectivity index (χ4n) is 3.97. The molecule has 35 heavy (non-hydrogen) atoms. The van der Waals surface area contributed by atoms with Gasteiger partial charge in [-0.15, -0.1) is 10.2 Å². The van der Waals surface area contributed by atoms with Crippen LogP contribution >= 0.6 is 0 Å². The van der Waals surface area contributed by atoms with E-state index in [1.165, 1.54) is 17.0 Å². The lowest BCUT2D eigenvalue weighted by atomic mass is 9.89. The van der Waals surface area contributed by atoms with Gasteiger partial charge in [-0.25, -0.2) is 4.85 Å². The van der Waals surface area contributed by atoms with Crippen LogP contribution in [0.3, 0.4) is 0 Å². The number of phenols is 1. The average Bonchev–Trinajstić information content (AvgIpc) is 3.37. The highest BCUT2D eigenvalue weighted by atomic mass is 19.4. The molecule has 182 valence electrons. The van der Waals surface area contributed by atoms with E-state index in [9.17, 15) is 23.1 Å². The Morgan fingerprint density at radius 1 is 1.26 bits per heavy atom. The Balaban J connectivity index is 1.57. The normalized spacial score (nSPS) is 18.4. The highest BCUT2D eigenvalue weighted by Gasteiger charge is 2.50. The van der Waals surface area contributed by atoms with E-state index in [0.717, 1.165) is 12.1 Å². The molecule has 2 aromatic carbocycles. The summed E-state index contributed by atoms with van der Waals surface area (Å²) < 4.78 is 51.5. The van der Waals surface area contributed by atoms with Crippen LogP contribution in [0.2, 0.25) is 0 Å². The minimum absolute atomic E-state index is 0.0374. The first-order chi connectivity index (χ1) is 16.4. The minimum Gasteiger partial charge on any atom is -0.507 e. The van der Waals surface area contributed by atoms with Crippen molar-refractivity contribution in [3.63, 3.8) is 0 Å². The Labute approximate surface area is 198 Å². The van der Waals surface area contributed by atoms with Crippen LogP contribution < -0.4 is 4.74 Å². The predicted molar refractivity (Wildman–Crippen MR) is 117 cm³/mol. The van der Waals surface area contributed by atoms with Crippen LogP contribution in [0.4, 0.5) is 18.9 Å². The molecule has 0 saturated carbocycles. The first-order valence-electron chi connectivity index (χ1n) is 10.6. The lowest BCUT2D eigenvalue weighted by molar-refractivity contribution is -0.137. The largest absolute Gasteiger partial charge is 0.507 e. The summed E-state index contributed by atoms with van der Waals surface area (Å²) in [5.41, 5.74) is -2.09. The number of amides is 1. The summed E-state index contributed by atoms with van der Waals surface area (Å²) in [6.45, 7) is 12.4. The fourth-order valence-corrected chi connectivity index (χ4v) is 3.97. The van der Waals surface area contributed by atoms with Crippen molar-refractivity contribution in [2.45, 2.75) is 39.1 Å². The van der Waals surface area contributed by atoms with E-state index in [1.807, 2.05) is 0 Å². The number of aromatic hydroxyl groups is 1. The minimum atomic E-state index is -4.74. The Hall–Kier alpha value is -4.07. The number of phenolic OH excluding ortho intramolecular Hbond substituents is 1. The molecule has 2 heterocycles. The molecule has 11 heteroatoms. The smallest absolute Gasteiger partial charge is 0.407 e. The quantitative estimate of drug-likeness (QED) is 0.486. The first-order valence-corrected chi connectivity index (χ1v) is 10.6. The molecule has 1 amide bonds. The molecule has 1 aliphatic rings. The van der Waals surface area contributed by atoms with Gasteiger partial charge < -0.3 is 19.2 Å². The van der Waals surface area contributed by atoms with Gasteiger partial charge in [0.05, 0.1) is 17.7 Å². The molecule has 0 aliphatic carbocycles. The fraction of sp³-hybridized carbons (Fsp3) is 0.333. The van der Waals surface area contributed by atoms with Crippen molar-refractivity contribution in [2.24, 2.45) is 5.41 Å². The number of aromatic nitrogens is 2. The molecule has 2 unspecified atom stereocenters. The maximum Gasteiger partial charge on any atom is 0.407 e. The highest BCUT2D eigenvalue weighted by molar-refractivity contribution is 5.85. The molecule has 1 saturated heterocycles. The number of hydrogen-bond acceptors (Lipinski definition) is 6. The van der Waals surface area contributed by atoms with Crippen molar-refractivity contribution in [3.8, 4) is 23.0 Å². The molecule has 1 aromatic heterocycles. The second-order valence-electron chi connectivity index (χ2n) is 8.88. The number of nitrogens with zero attached hydrogens (tertiary/aromatic N) is 4. The number of ether oxygens (including phenoxy) is 1. The molecule has 1 aliphatic heterocycles. The Bertz CT molecular complexity index is 1310. The summed E-state index contributed by atoms with van der Waals surface area (Å²) in [5.74, 6) is -0.431. The van der Waals surface area contributed by atoms with E-state index >= 15 is 0 Å². The van der Waals surface area contributed by atoms with Gasteiger partial charge >= 0.3 is 6.18 Å². The van der Waals surface area contributed by atoms with E-state index in [2.05, 4.69) is 15.0 Å². The lowest BCUT2D eigenvalue weighted by Gasteiger charge is -2.25. The predicted octanol–water partition coefficient (Wildman–Crippen LogP) is 5.39. The van der Waals surface area contributed by atoms with Gasteiger partial charge in [0.25, 0.3) is 11.8 Å². The maximum absolute atomic E-state index is 13.3. The van der Waals surface area contributed by atoms with E-state index in [4.69, 9.17) is 15.7 Å². The third kappa shape index (κ3) is 4.51. The summed E-state index contributed by atoms with van der Waals surface area (Å²) >= 11 is 0. The molecular weight excluding hydrogens is 465 g/mol. The van der Waals surface area contributed by atoms with Gasteiger partial charge in [0.2, 0.25) is 5.89 Å². The van der Waals surface area contributed by atoms with Crippen LogP contribution in [0.5, 0.6) is 11.5 Å². The molecule has 0 spiro atoms. The topological polar surface area (TPSA) is 93.0 Å². The van der Waals surface area contributed by atoms with E-state index in [0.29, 0.717) is 5.56 Å². The number of halogens is 3. The average molecular weight is 486 g/mol. The molecule has 3 aromatic rings. The second-order valence-corrected chi connectivity index (χ2v) is 8.88. The van der Waals surface area contributed by atoms with Crippen molar-refractivity contribution in [1.29, 1.82) is 0 Å². The van der Waals surface area contributed by atoms with Gasteiger partial charge in [-0.3, -0.25) is 4.79 Å². The SMILES string of the molecule is [C-]#[N+]c1ccc(OC2C(=O)N(C(C)c3nnc(-c4ccccc4O)o3)CC2(C)C)cc1C(F)(F)F. The molecule has 0 radical (unpaired) electrons. The Morgan fingerprint density at radius 2 is 1.97 bits per heavy atom. The van der Waals surface area contributed by atoms with Crippen molar-refractivity contribution < 1.29 is 32.2 Å². The van der Waals surface area contributed by atoms with Crippen LogP contribution in [-0.4, -0.2) is 38.8 Å². The van der Waals surface area contributed by atoms with Gasteiger partial charge in [0, 0.05) is 12.0 Å². The molecule has 8 nitrogen and oxygen atoms in total. The standard InChI is InChI=1S/C24H21F3N4O4/c1-13(20-29-30-21(35-20)15-7-5-6-8-18(15)32)31-12-23(2,3)19(22(31)33)34-14-9-10-17(28-4)16(11-14)24(25,26)27/h5-11,13,19,32H,12H2,1-3H3. The monoisotopic (exact) mass is 486 g/mol. The Kier molecular flexibility index (Phi) is 5.92.